The molecule has 0 saturated carbocycles. The monoisotopic (exact) mass is 419 g/mol. The van der Waals surface area contributed by atoms with Gasteiger partial charge in [0.05, 0.1) is 18.7 Å². The van der Waals surface area contributed by atoms with Crippen molar-refractivity contribution in [1.82, 2.24) is 24.6 Å². The molecule has 0 atom stereocenters. The van der Waals surface area contributed by atoms with E-state index in [1.54, 1.807) is 11.8 Å². The van der Waals surface area contributed by atoms with Crippen LogP contribution >= 0.6 is 11.8 Å². The first-order valence-electron chi connectivity index (χ1n) is 10.5. The van der Waals surface area contributed by atoms with Crippen LogP contribution in [0.3, 0.4) is 0 Å². The number of aromatic nitrogens is 4. The fraction of sp³-hybridized carbons (Fsp3) is 0.348. The molecular formula is C23H25N5OS. The number of morpholine rings is 1. The molecule has 4 aromatic rings. The lowest BCUT2D eigenvalue weighted by Crippen LogP contribution is -2.37. The first-order chi connectivity index (χ1) is 14.9. The highest BCUT2D eigenvalue weighted by atomic mass is 32.2. The minimum atomic E-state index is 0.750. The summed E-state index contributed by atoms with van der Waals surface area (Å²) in [6.45, 7) is 5.56. The van der Waals surface area contributed by atoms with E-state index in [1.165, 1.54) is 11.1 Å². The fourth-order valence-corrected chi connectivity index (χ4v) is 4.73. The second-order valence-corrected chi connectivity index (χ2v) is 8.54. The number of nitrogens with zero attached hydrogens (tertiary/aromatic N) is 5. The number of aryl methyl sites for hydroxylation is 2. The lowest BCUT2D eigenvalue weighted by atomic mass is 10.1. The van der Waals surface area contributed by atoms with Crippen molar-refractivity contribution in [3.8, 4) is 0 Å². The van der Waals surface area contributed by atoms with E-state index in [2.05, 4.69) is 74.3 Å². The van der Waals surface area contributed by atoms with Gasteiger partial charge in [-0.3, -0.25) is 4.90 Å². The van der Waals surface area contributed by atoms with Crippen molar-refractivity contribution in [2.45, 2.75) is 18.1 Å². The molecule has 0 bridgehead atoms. The summed E-state index contributed by atoms with van der Waals surface area (Å²) >= 11 is 1.68. The third-order valence-corrected chi connectivity index (χ3v) is 6.38. The van der Waals surface area contributed by atoms with Gasteiger partial charge in [-0.05, 0) is 18.1 Å². The molecule has 2 aromatic heterocycles. The fourth-order valence-electron chi connectivity index (χ4n) is 3.95. The number of fused-ring (bicyclic) bond motifs is 3. The minimum Gasteiger partial charge on any atom is -0.379 e. The highest BCUT2D eigenvalue weighted by Gasteiger charge is 2.15. The van der Waals surface area contributed by atoms with Gasteiger partial charge in [0.1, 0.15) is 5.52 Å². The molecule has 3 heterocycles. The van der Waals surface area contributed by atoms with Crippen LogP contribution in [0.25, 0.3) is 22.1 Å². The molecule has 7 heteroatoms. The smallest absolute Gasteiger partial charge is 0.211 e. The zero-order chi connectivity index (χ0) is 20.2. The number of thioether (sulfide) groups is 1. The van der Waals surface area contributed by atoms with Gasteiger partial charge in [-0.25, -0.2) is 4.98 Å². The number of rotatable bonds is 7. The summed E-state index contributed by atoms with van der Waals surface area (Å²) in [4.78, 5) is 7.35. The molecule has 2 aromatic carbocycles. The van der Waals surface area contributed by atoms with E-state index in [9.17, 15) is 0 Å². The lowest BCUT2D eigenvalue weighted by Gasteiger charge is -2.26. The third-order valence-electron chi connectivity index (χ3n) is 5.56. The lowest BCUT2D eigenvalue weighted by molar-refractivity contribution is 0.0410. The summed E-state index contributed by atoms with van der Waals surface area (Å²) in [7, 11) is 0. The molecule has 154 valence electrons. The van der Waals surface area contributed by atoms with Crippen LogP contribution < -0.4 is 0 Å². The zero-order valence-corrected chi connectivity index (χ0v) is 17.7. The van der Waals surface area contributed by atoms with Gasteiger partial charge < -0.3 is 9.30 Å². The SMILES string of the molecule is c1ccc(CCn2c3ccccc3c3nnc(SCCN4CCOCC4)nc32)cc1. The van der Waals surface area contributed by atoms with Crippen molar-refractivity contribution >= 4 is 33.8 Å². The van der Waals surface area contributed by atoms with Crippen LogP contribution in [0, 0.1) is 0 Å². The summed E-state index contributed by atoms with van der Waals surface area (Å²) in [6, 6.07) is 19.0. The van der Waals surface area contributed by atoms with E-state index in [0.29, 0.717) is 0 Å². The molecule has 0 radical (unpaired) electrons. The molecule has 1 fully saturated rings. The first-order valence-corrected chi connectivity index (χ1v) is 11.5. The Hall–Kier alpha value is -2.48. The van der Waals surface area contributed by atoms with Crippen molar-refractivity contribution in [3.63, 3.8) is 0 Å². The highest BCUT2D eigenvalue weighted by Crippen LogP contribution is 2.27. The summed E-state index contributed by atoms with van der Waals surface area (Å²) < 4.78 is 7.71. The molecule has 30 heavy (non-hydrogen) atoms. The number of hydrogen-bond acceptors (Lipinski definition) is 6. The van der Waals surface area contributed by atoms with Gasteiger partial charge in [0, 0.05) is 37.3 Å². The summed E-state index contributed by atoms with van der Waals surface area (Å²) in [5.41, 5.74) is 4.30. The van der Waals surface area contributed by atoms with Crippen LogP contribution in [0.4, 0.5) is 0 Å². The average molecular weight is 420 g/mol. The van der Waals surface area contributed by atoms with E-state index in [-0.39, 0.29) is 0 Å². The van der Waals surface area contributed by atoms with Crippen molar-refractivity contribution in [2.75, 3.05) is 38.6 Å². The maximum atomic E-state index is 5.42. The Morgan fingerprint density at radius 2 is 1.70 bits per heavy atom. The van der Waals surface area contributed by atoms with Crippen LogP contribution in [-0.4, -0.2) is 63.2 Å². The molecule has 1 saturated heterocycles. The number of para-hydroxylation sites is 1. The van der Waals surface area contributed by atoms with Gasteiger partial charge in [-0.2, -0.15) is 0 Å². The molecule has 6 nitrogen and oxygen atoms in total. The van der Waals surface area contributed by atoms with Gasteiger partial charge in [0.2, 0.25) is 5.16 Å². The van der Waals surface area contributed by atoms with Crippen molar-refractivity contribution in [1.29, 1.82) is 0 Å². The van der Waals surface area contributed by atoms with Gasteiger partial charge in [0.15, 0.2) is 5.65 Å². The Kier molecular flexibility index (Phi) is 5.92. The van der Waals surface area contributed by atoms with Crippen molar-refractivity contribution in [2.24, 2.45) is 0 Å². The van der Waals surface area contributed by atoms with E-state index < -0.39 is 0 Å². The second-order valence-electron chi connectivity index (χ2n) is 7.47. The topological polar surface area (TPSA) is 56.1 Å². The van der Waals surface area contributed by atoms with E-state index in [0.717, 1.165) is 73.3 Å². The predicted octanol–water partition coefficient (Wildman–Crippen LogP) is 3.65. The van der Waals surface area contributed by atoms with E-state index in [1.807, 2.05) is 0 Å². The van der Waals surface area contributed by atoms with Gasteiger partial charge in [0.25, 0.3) is 0 Å². The summed E-state index contributed by atoms with van der Waals surface area (Å²) in [5.74, 6) is 0.956. The van der Waals surface area contributed by atoms with E-state index >= 15 is 0 Å². The standard InChI is InChI=1S/C23H25N5OS/c1-2-6-18(7-3-1)10-11-28-20-9-5-4-8-19(20)21-22(28)24-23(26-25-21)30-17-14-27-12-15-29-16-13-27/h1-9H,10-17H2. The maximum absolute atomic E-state index is 5.42. The Morgan fingerprint density at radius 1 is 0.900 bits per heavy atom. The minimum absolute atomic E-state index is 0.750. The van der Waals surface area contributed by atoms with Crippen molar-refractivity contribution < 1.29 is 4.74 Å². The van der Waals surface area contributed by atoms with Gasteiger partial charge in [-0.1, -0.05) is 60.3 Å². The molecule has 0 aliphatic carbocycles. The predicted molar refractivity (Wildman–Crippen MR) is 121 cm³/mol. The molecule has 0 N–H and O–H groups in total. The molecule has 1 aliphatic rings. The molecule has 5 rings (SSSR count). The number of ether oxygens (including phenoxy) is 1. The molecule has 0 spiro atoms. The molecule has 0 amide bonds. The Morgan fingerprint density at radius 3 is 2.57 bits per heavy atom. The quantitative estimate of drug-likeness (QED) is 0.426. The maximum Gasteiger partial charge on any atom is 0.211 e. The Bertz CT molecular complexity index is 1120. The molecule has 0 unspecified atom stereocenters. The highest BCUT2D eigenvalue weighted by molar-refractivity contribution is 7.99. The average Bonchev–Trinajstić information content (AvgIpc) is 3.12. The van der Waals surface area contributed by atoms with Gasteiger partial charge in [-0.15, -0.1) is 10.2 Å². The Labute approximate surface area is 180 Å². The summed E-state index contributed by atoms with van der Waals surface area (Å²) in [5, 5.41) is 10.8. The number of hydrogen-bond donors (Lipinski definition) is 0. The second kappa shape index (κ2) is 9.12. The van der Waals surface area contributed by atoms with Gasteiger partial charge >= 0.3 is 0 Å². The Balaban J connectivity index is 1.39. The first kappa shape index (κ1) is 19.5. The molecule has 1 aliphatic heterocycles. The molecular weight excluding hydrogens is 394 g/mol. The van der Waals surface area contributed by atoms with Crippen LogP contribution in [0.2, 0.25) is 0 Å². The van der Waals surface area contributed by atoms with Crippen LogP contribution in [0.5, 0.6) is 0 Å². The number of benzene rings is 2. The third kappa shape index (κ3) is 4.19. The van der Waals surface area contributed by atoms with Crippen LogP contribution in [-0.2, 0) is 17.7 Å². The van der Waals surface area contributed by atoms with E-state index in [4.69, 9.17) is 9.72 Å². The van der Waals surface area contributed by atoms with Crippen molar-refractivity contribution in [3.05, 3.63) is 60.2 Å². The van der Waals surface area contributed by atoms with Crippen LogP contribution in [0.15, 0.2) is 59.8 Å². The normalized spacial score (nSPS) is 15.2. The van der Waals surface area contributed by atoms with Crippen LogP contribution in [0.1, 0.15) is 5.56 Å². The zero-order valence-electron chi connectivity index (χ0n) is 16.9. The largest absolute Gasteiger partial charge is 0.379 e. The summed E-state index contributed by atoms with van der Waals surface area (Å²) in [6.07, 6.45) is 0.956.